The molecule has 5 rings (SSSR count). The van der Waals surface area contributed by atoms with E-state index < -0.39 is 6.09 Å². The van der Waals surface area contributed by atoms with Crippen molar-refractivity contribution in [3.63, 3.8) is 0 Å². The number of anilines is 1. The highest BCUT2D eigenvalue weighted by atomic mass is 16.7. The van der Waals surface area contributed by atoms with E-state index in [1.54, 1.807) is 5.06 Å². The Balaban J connectivity index is 1.61. The molecule has 0 radical (unpaired) electrons. The van der Waals surface area contributed by atoms with E-state index in [0.717, 1.165) is 47.1 Å². The molecule has 1 unspecified atom stereocenters. The highest BCUT2D eigenvalue weighted by Crippen LogP contribution is 2.37. The monoisotopic (exact) mass is 455 g/mol. The summed E-state index contributed by atoms with van der Waals surface area (Å²) in [5.74, 6) is 0. The summed E-state index contributed by atoms with van der Waals surface area (Å²) in [4.78, 5) is 21.3. The second-order valence-electron chi connectivity index (χ2n) is 8.66. The molecular weight excluding hydrogens is 426 g/mol. The number of aryl methyl sites for hydroxylation is 1. The van der Waals surface area contributed by atoms with E-state index in [2.05, 4.69) is 71.1 Å². The van der Waals surface area contributed by atoms with Gasteiger partial charge in [-0.1, -0.05) is 37.3 Å². The molecule has 7 heteroatoms. The average molecular weight is 456 g/mol. The quantitative estimate of drug-likeness (QED) is 0.444. The fourth-order valence-corrected chi connectivity index (χ4v) is 4.95. The summed E-state index contributed by atoms with van der Waals surface area (Å²) < 4.78 is 2.22. The van der Waals surface area contributed by atoms with Crippen molar-refractivity contribution in [2.24, 2.45) is 5.73 Å². The van der Waals surface area contributed by atoms with Crippen LogP contribution in [0.2, 0.25) is 0 Å². The van der Waals surface area contributed by atoms with E-state index >= 15 is 0 Å². The zero-order valence-electron chi connectivity index (χ0n) is 19.5. The van der Waals surface area contributed by atoms with Crippen molar-refractivity contribution in [3.05, 3.63) is 95.4 Å². The third-order valence-corrected chi connectivity index (χ3v) is 6.43. The van der Waals surface area contributed by atoms with Crippen LogP contribution in [-0.4, -0.2) is 33.9 Å². The van der Waals surface area contributed by atoms with Gasteiger partial charge in [-0.2, -0.15) is 0 Å². The maximum absolute atomic E-state index is 11.6. The fourth-order valence-electron chi connectivity index (χ4n) is 4.95. The highest BCUT2D eigenvalue weighted by molar-refractivity contribution is 5.85. The zero-order valence-corrected chi connectivity index (χ0v) is 19.5. The minimum Gasteiger partial charge on any atom is -0.350 e. The van der Waals surface area contributed by atoms with Gasteiger partial charge in [0.1, 0.15) is 0 Å². The average Bonchev–Trinajstić information content (AvgIpc) is 3.18. The molecule has 0 aliphatic carbocycles. The van der Waals surface area contributed by atoms with Crippen molar-refractivity contribution in [3.8, 4) is 0 Å². The number of hydrogen-bond acceptors (Lipinski definition) is 5. The van der Waals surface area contributed by atoms with E-state index in [4.69, 9.17) is 10.6 Å². The van der Waals surface area contributed by atoms with Crippen molar-refractivity contribution in [2.45, 2.75) is 32.7 Å². The molecule has 1 aliphatic rings. The summed E-state index contributed by atoms with van der Waals surface area (Å²) in [5.41, 5.74) is 12.3. The van der Waals surface area contributed by atoms with Crippen LogP contribution in [0.1, 0.15) is 41.6 Å². The van der Waals surface area contributed by atoms with Crippen LogP contribution in [0.5, 0.6) is 0 Å². The van der Waals surface area contributed by atoms with Gasteiger partial charge in [-0.05, 0) is 66.3 Å². The second-order valence-corrected chi connectivity index (χ2v) is 8.66. The molecule has 2 aromatic carbocycles. The molecule has 7 nitrogen and oxygen atoms in total. The Kier molecular flexibility index (Phi) is 5.94. The molecule has 1 aliphatic heterocycles. The van der Waals surface area contributed by atoms with Gasteiger partial charge < -0.3 is 10.6 Å². The lowest BCUT2D eigenvalue weighted by Crippen LogP contribution is -2.39. The summed E-state index contributed by atoms with van der Waals surface area (Å²) in [6.45, 7) is 5.78. The van der Waals surface area contributed by atoms with Gasteiger partial charge in [0, 0.05) is 37.1 Å². The number of aromatic nitrogens is 2. The third kappa shape index (κ3) is 3.99. The number of hydrogen-bond donors (Lipinski definition) is 1. The summed E-state index contributed by atoms with van der Waals surface area (Å²) in [6.07, 6.45) is 6.84. The van der Waals surface area contributed by atoms with E-state index in [0.29, 0.717) is 6.54 Å². The van der Waals surface area contributed by atoms with Gasteiger partial charge in [0.15, 0.2) is 0 Å². The first-order valence-electron chi connectivity index (χ1n) is 11.7. The number of pyridine rings is 1. The number of benzene rings is 2. The number of hydroxylamine groups is 2. The van der Waals surface area contributed by atoms with Crippen LogP contribution in [0.3, 0.4) is 0 Å². The Morgan fingerprint density at radius 3 is 2.74 bits per heavy atom. The SMILES string of the molecule is CCCN(c1ccncc1)n1cc(C)c2cc(C3c4ccccc4CCN3OC(N)=O)ccc21. The number of nitrogens with two attached hydrogens (primary N) is 1. The molecule has 0 spiro atoms. The maximum Gasteiger partial charge on any atom is 0.423 e. The van der Waals surface area contributed by atoms with Crippen molar-refractivity contribution in [2.75, 3.05) is 18.1 Å². The largest absolute Gasteiger partial charge is 0.423 e. The van der Waals surface area contributed by atoms with Gasteiger partial charge in [0.05, 0.1) is 17.2 Å². The number of carbonyl (C=O) groups excluding carboxylic acids is 1. The molecule has 0 bridgehead atoms. The summed E-state index contributed by atoms with van der Waals surface area (Å²) in [5, 5.41) is 5.14. The first kappa shape index (κ1) is 22.0. The number of nitrogens with zero attached hydrogens (tertiary/aromatic N) is 4. The lowest BCUT2D eigenvalue weighted by atomic mass is 9.89. The number of fused-ring (bicyclic) bond motifs is 2. The standard InChI is InChI=1S/C27H29N5O2/c1-3-15-30(22-10-13-29-14-11-22)31-18-19(2)24-17-21(8-9-25(24)31)26-23-7-5-4-6-20(23)12-16-32(26)34-27(28)33/h4-11,13-14,17-18,26H,3,12,15-16H2,1-2H3,(H2,28,33). The smallest absolute Gasteiger partial charge is 0.350 e. The first-order chi connectivity index (χ1) is 16.6. The number of carbonyl (C=O) groups is 1. The molecule has 0 saturated heterocycles. The predicted octanol–water partition coefficient (Wildman–Crippen LogP) is 4.98. The Morgan fingerprint density at radius 1 is 1.18 bits per heavy atom. The van der Waals surface area contributed by atoms with Crippen LogP contribution in [0.4, 0.5) is 10.5 Å². The molecule has 3 heterocycles. The van der Waals surface area contributed by atoms with Crippen LogP contribution in [0, 0.1) is 6.92 Å². The normalized spacial score (nSPS) is 15.8. The number of rotatable bonds is 6. The summed E-state index contributed by atoms with van der Waals surface area (Å²) in [6, 6.07) is 18.7. The fraction of sp³-hybridized carbons (Fsp3) is 0.259. The Morgan fingerprint density at radius 2 is 1.97 bits per heavy atom. The molecular formula is C27H29N5O2. The van der Waals surface area contributed by atoms with Crippen LogP contribution >= 0.6 is 0 Å². The van der Waals surface area contributed by atoms with Gasteiger partial charge in [0.25, 0.3) is 0 Å². The molecule has 2 N–H and O–H groups in total. The predicted molar refractivity (Wildman–Crippen MR) is 133 cm³/mol. The van der Waals surface area contributed by atoms with E-state index in [-0.39, 0.29) is 6.04 Å². The molecule has 34 heavy (non-hydrogen) atoms. The van der Waals surface area contributed by atoms with Crippen LogP contribution < -0.4 is 10.7 Å². The topological polar surface area (TPSA) is 76.6 Å². The minimum atomic E-state index is -0.791. The number of amides is 1. The zero-order chi connectivity index (χ0) is 23.7. The second kappa shape index (κ2) is 9.19. The lowest BCUT2D eigenvalue weighted by Gasteiger charge is -2.35. The summed E-state index contributed by atoms with van der Waals surface area (Å²) >= 11 is 0. The molecule has 1 atom stereocenters. The Bertz CT molecular complexity index is 1320. The molecule has 174 valence electrons. The van der Waals surface area contributed by atoms with E-state index in [1.807, 2.05) is 30.6 Å². The van der Waals surface area contributed by atoms with Gasteiger partial charge in [-0.3, -0.25) is 14.7 Å². The van der Waals surface area contributed by atoms with Gasteiger partial charge in [-0.15, -0.1) is 5.06 Å². The van der Waals surface area contributed by atoms with E-state index in [9.17, 15) is 4.79 Å². The molecule has 2 aromatic heterocycles. The third-order valence-electron chi connectivity index (χ3n) is 6.43. The van der Waals surface area contributed by atoms with Crippen molar-refractivity contribution in [1.29, 1.82) is 0 Å². The molecule has 1 amide bonds. The van der Waals surface area contributed by atoms with Crippen molar-refractivity contribution < 1.29 is 9.63 Å². The Hall–Kier alpha value is -3.84. The van der Waals surface area contributed by atoms with E-state index in [1.165, 1.54) is 11.1 Å². The number of primary amides is 1. The van der Waals surface area contributed by atoms with Crippen LogP contribution in [-0.2, 0) is 11.3 Å². The van der Waals surface area contributed by atoms with Gasteiger partial charge in [0.2, 0.25) is 0 Å². The molecule has 0 fully saturated rings. The lowest BCUT2D eigenvalue weighted by molar-refractivity contribution is -0.123. The molecule has 0 saturated carbocycles. The molecule has 4 aromatic rings. The maximum atomic E-state index is 11.6. The van der Waals surface area contributed by atoms with Gasteiger partial charge in [-0.25, -0.2) is 4.79 Å². The minimum absolute atomic E-state index is 0.212. The van der Waals surface area contributed by atoms with Crippen LogP contribution in [0.25, 0.3) is 10.9 Å². The van der Waals surface area contributed by atoms with Crippen molar-refractivity contribution in [1.82, 2.24) is 14.7 Å². The van der Waals surface area contributed by atoms with Crippen LogP contribution in [0.15, 0.2) is 73.2 Å². The Labute approximate surface area is 199 Å². The van der Waals surface area contributed by atoms with Gasteiger partial charge >= 0.3 is 6.09 Å². The highest BCUT2D eigenvalue weighted by Gasteiger charge is 2.31. The van der Waals surface area contributed by atoms with Crippen molar-refractivity contribution >= 4 is 22.7 Å². The first-order valence-corrected chi connectivity index (χ1v) is 11.7. The summed E-state index contributed by atoms with van der Waals surface area (Å²) in [7, 11) is 0.